The van der Waals surface area contributed by atoms with Crippen LogP contribution in [0.2, 0.25) is 0 Å². The van der Waals surface area contributed by atoms with Crippen LogP contribution < -0.4 is 27.0 Å². The zero-order valence-corrected chi connectivity index (χ0v) is 35.6. The fourth-order valence-electron chi connectivity index (χ4n) is 6.85. The lowest BCUT2D eigenvalue weighted by molar-refractivity contribution is -0.155. The second-order valence-corrected chi connectivity index (χ2v) is 16.0. The number of nitrogens with two attached hydrogens (primary N) is 1. The van der Waals surface area contributed by atoms with Crippen LogP contribution in [0.4, 0.5) is 8.78 Å². The Morgan fingerprint density at radius 2 is 1.46 bits per heavy atom. The first-order chi connectivity index (χ1) is 29.9. The SMILES string of the molecule is CCCC(NC(=O)C1CC(OCc2ccccc2)CN1C(=O)C(CCCC(=O)OC(C)(C)C)NC(=O)c1c(F)cccc1F)C(=O)C(=O)NCC(=O)NC(C(N)=O)c1ccccc1. The van der Waals surface area contributed by atoms with Crippen molar-refractivity contribution in [2.45, 2.75) is 109 Å². The number of nitrogens with zero attached hydrogens (tertiary/aromatic N) is 1. The van der Waals surface area contributed by atoms with Crippen LogP contribution in [0.1, 0.15) is 93.7 Å². The number of ether oxygens (including phenoxy) is 2. The Labute approximate surface area is 364 Å². The number of likely N-dealkylation sites (tertiary alicyclic amines) is 1. The molecule has 63 heavy (non-hydrogen) atoms. The molecule has 3 aromatic rings. The first-order valence-corrected chi connectivity index (χ1v) is 20.6. The quantitative estimate of drug-likeness (QED) is 0.0776. The molecule has 3 aromatic carbocycles. The van der Waals surface area contributed by atoms with E-state index < -0.39 is 107 Å². The summed E-state index contributed by atoms with van der Waals surface area (Å²) in [6.45, 7) is 5.93. The van der Waals surface area contributed by atoms with Crippen LogP contribution in [0, 0.1) is 11.6 Å². The van der Waals surface area contributed by atoms with Gasteiger partial charge in [0, 0.05) is 19.4 Å². The summed E-state index contributed by atoms with van der Waals surface area (Å²) >= 11 is 0. The van der Waals surface area contributed by atoms with E-state index in [-0.39, 0.29) is 45.3 Å². The Morgan fingerprint density at radius 3 is 2.06 bits per heavy atom. The van der Waals surface area contributed by atoms with Crippen molar-refractivity contribution in [1.82, 2.24) is 26.2 Å². The van der Waals surface area contributed by atoms with Gasteiger partial charge >= 0.3 is 5.97 Å². The van der Waals surface area contributed by atoms with E-state index in [2.05, 4.69) is 21.3 Å². The Balaban J connectivity index is 1.54. The Morgan fingerprint density at radius 1 is 0.825 bits per heavy atom. The van der Waals surface area contributed by atoms with Crippen LogP contribution in [0.3, 0.4) is 0 Å². The van der Waals surface area contributed by atoms with Crippen molar-refractivity contribution in [2.24, 2.45) is 5.73 Å². The van der Waals surface area contributed by atoms with Crippen molar-refractivity contribution in [3.05, 3.63) is 107 Å². The number of carbonyl (C=O) groups is 8. The highest BCUT2D eigenvalue weighted by atomic mass is 19.1. The van der Waals surface area contributed by atoms with E-state index in [0.717, 1.165) is 28.7 Å². The molecule has 18 heteroatoms. The van der Waals surface area contributed by atoms with Crippen LogP contribution in [-0.4, -0.2) is 95.0 Å². The number of primary amides is 1. The summed E-state index contributed by atoms with van der Waals surface area (Å²) in [5.74, 6) is -9.90. The maximum atomic E-state index is 14.7. The van der Waals surface area contributed by atoms with Crippen LogP contribution in [-0.2, 0) is 49.6 Å². The Kier molecular flexibility index (Phi) is 18.0. The molecule has 0 aliphatic carbocycles. The molecule has 0 saturated carbocycles. The molecular formula is C45H54F2N6O10. The van der Waals surface area contributed by atoms with Gasteiger partial charge in [-0.1, -0.05) is 80.1 Å². The van der Waals surface area contributed by atoms with Gasteiger partial charge in [-0.25, -0.2) is 8.78 Å². The van der Waals surface area contributed by atoms with Crippen molar-refractivity contribution in [3.8, 4) is 0 Å². The van der Waals surface area contributed by atoms with Gasteiger partial charge in [0.1, 0.15) is 40.9 Å². The lowest BCUT2D eigenvalue weighted by Gasteiger charge is -2.29. The number of rotatable bonds is 21. The normalized spacial score (nSPS) is 16.2. The van der Waals surface area contributed by atoms with E-state index in [4.69, 9.17) is 15.2 Å². The molecule has 16 nitrogen and oxygen atoms in total. The highest BCUT2D eigenvalue weighted by Gasteiger charge is 2.44. The van der Waals surface area contributed by atoms with Gasteiger partial charge in [-0.15, -0.1) is 0 Å². The zero-order chi connectivity index (χ0) is 46.3. The number of hydrogen-bond donors (Lipinski definition) is 5. The fraction of sp³-hybridized carbons (Fsp3) is 0.422. The summed E-state index contributed by atoms with van der Waals surface area (Å²) in [4.78, 5) is 107. The topological polar surface area (TPSA) is 232 Å². The van der Waals surface area contributed by atoms with E-state index in [9.17, 15) is 47.1 Å². The molecule has 338 valence electrons. The van der Waals surface area contributed by atoms with Gasteiger partial charge in [-0.3, -0.25) is 38.4 Å². The number of carbonyl (C=O) groups excluding carboxylic acids is 8. The van der Waals surface area contributed by atoms with Crippen LogP contribution in [0.25, 0.3) is 0 Å². The number of esters is 1. The van der Waals surface area contributed by atoms with E-state index in [1.807, 2.05) is 18.2 Å². The van der Waals surface area contributed by atoms with Crippen LogP contribution in [0.5, 0.6) is 0 Å². The summed E-state index contributed by atoms with van der Waals surface area (Å²) in [6.07, 6.45) is -0.955. The fourth-order valence-corrected chi connectivity index (χ4v) is 6.85. The molecule has 1 aliphatic heterocycles. The number of halogens is 2. The second kappa shape index (κ2) is 23.0. The van der Waals surface area contributed by atoms with E-state index in [1.165, 1.54) is 0 Å². The average Bonchev–Trinajstić information content (AvgIpc) is 3.67. The summed E-state index contributed by atoms with van der Waals surface area (Å²) in [5.41, 5.74) is 4.90. The van der Waals surface area contributed by atoms with E-state index in [0.29, 0.717) is 12.0 Å². The maximum absolute atomic E-state index is 14.7. The summed E-state index contributed by atoms with van der Waals surface area (Å²) in [6, 6.07) is 14.5. The molecule has 1 heterocycles. The first-order valence-electron chi connectivity index (χ1n) is 20.6. The number of benzene rings is 3. The van der Waals surface area contributed by atoms with Crippen molar-refractivity contribution in [2.75, 3.05) is 13.1 Å². The first kappa shape index (κ1) is 49.1. The molecule has 0 spiro atoms. The molecule has 0 aromatic heterocycles. The molecule has 1 aliphatic rings. The third-order valence-corrected chi connectivity index (χ3v) is 9.83. The predicted octanol–water partition coefficient (Wildman–Crippen LogP) is 3.07. The smallest absolute Gasteiger partial charge is 0.306 e. The third kappa shape index (κ3) is 14.8. The third-order valence-electron chi connectivity index (χ3n) is 9.83. The Bertz CT molecular complexity index is 2100. The molecule has 0 radical (unpaired) electrons. The van der Waals surface area contributed by atoms with E-state index >= 15 is 0 Å². The number of nitrogens with one attached hydrogen (secondary N) is 4. The summed E-state index contributed by atoms with van der Waals surface area (Å²) in [5, 5.41) is 9.57. The highest BCUT2D eigenvalue weighted by Crippen LogP contribution is 2.25. The Hall–Kier alpha value is -6.56. The van der Waals surface area contributed by atoms with Gasteiger partial charge in [0.25, 0.3) is 11.8 Å². The molecule has 1 fully saturated rings. The van der Waals surface area contributed by atoms with Gasteiger partial charge in [0.05, 0.1) is 25.3 Å². The van der Waals surface area contributed by atoms with Crippen LogP contribution >= 0.6 is 0 Å². The minimum absolute atomic E-state index is 0.0142. The van der Waals surface area contributed by atoms with Gasteiger partial charge < -0.3 is 41.4 Å². The predicted molar refractivity (Wildman–Crippen MR) is 224 cm³/mol. The lowest BCUT2D eigenvalue weighted by Crippen LogP contribution is -2.56. The standard InChI is InChI=1S/C45H54F2N6O10/c1-5-14-32(39(56)43(60)49-24-35(54)52-38(40(48)57)28-17-10-7-11-18-28)50-41(58)34-23-29(62-26-27-15-8-6-9-16-27)25-53(34)44(61)33(21-13-22-36(55)63-45(2,3)4)51-42(59)37-30(46)19-12-20-31(37)47/h6-12,15-20,29,32-34,38H,5,13-14,21-26H2,1-4H3,(H2,48,57)(H,49,60)(H,50,58)(H,51,59)(H,52,54). The number of hydrogen-bond acceptors (Lipinski definition) is 10. The van der Waals surface area contributed by atoms with Gasteiger partial charge in [0.2, 0.25) is 29.4 Å². The molecule has 0 bridgehead atoms. The van der Waals surface area contributed by atoms with Crippen molar-refractivity contribution in [3.63, 3.8) is 0 Å². The van der Waals surface area contributed by atoms with Gasteiger partial charge in [-0.2, -0.15) is 0 Å². The van der Waals surface area contributed by atoms with Gasteiger partial charge in [0.15, 0.2) is 0 Å². The van der Waals surface area contributed by atoms with Gasteiger partial charge in [-0.05, 0) is 63.3 Å². The van der Waals surface area contributed by atoms with Crippen molar-refractivity contribution < 1.29 is 56.6 Å². The van der Waals surface area contributed by atoms with Crippen molar-refractivity contribution in [1.29, 1.82) is 0 Å². The lowest BCUT2D eigenvalue weighted by atomic mass is 10.0. The molecule has 1 saturated heterocycles. The minimum Gasteiger partial charge on any atom is -0.460 e. The monoisotopic (exact) mass is 876 g/mol. The maximum Gasteiger partial charge on any atom is 0.306 e. The largest absolute Gasteiger partial charge is 0.460 e. The molecule has 6 N–H and O–H groups in total. The molecule has 5 unspecified atom stereocenters. The van der Waals surface area contributed by atoms with Crippen LogP contribution in [0.15, 0.2) is 78.9 Å². The van der Waals surface area contributed by atoms with E-state index in [1.54, 1.807) is 70.2 Å². The molecule has 4 rings (SSSR count). The second-order valence-electron chi connectivity index (χ2n) is 16.0. The molecular weight excluding hydrogens is 823 g/mol. The summed E-state index contributed by atoms with van der Waals surface area (Å²) in [7, 11) is 0. The number of amides is 6. The highest BCUT2D eigenvalue weighted by molar-refractivity contribution is 6.38. The zero-order valence-electron chi connectivity index (χ0n) is 35.6. The average molecular weight is 877 g/mol. The minimum atomic E-state index is -1.51. The van der Waals surface area contributed by atoms with Crippen molar-refractivity contribution >= 4 is 47.2 Å². The summed E-state index contributed by atoms with van der Waals surface area (Å²) < 4.78 is 40.9. The molecule has 6 amide bonds. The molecule has 5 atom stereocenters. The number of ketones is 1. The number of Topliss-reactive ketones (excluding diaryl/α,β-unsaturated/α-hetero) is 1.